The maximum Gasteiger partial charge on any atom is 0.154 e. The molecule has 104 valence electrons. The van der Waals surface area contributed by atoms with E-state index < -0.39 is 9.84 Å². The lowest BCUT2D eigenvalue weighted by Gasteiger charge is -2.22. The highest BCUT2D eigenvalue weighted by Crippen LogP contribution is 2.24. The normalized spacial score (nSPS) is 29.5. The first-order valence-electron chi connectivity index (χ1n) is 6.63. The molecule has 1 aliphatic heterocycles. The zero-order chi connectivity index (χ0) is 13.5. The van der Waals surface area contributed by atoms with Gasteiger partial charge in [0.15, 0.2) is 9.84 Å². The van der Waals surface area contributed by atoms with Gasteiger partial charge in [-0.05, 0) is 24.0 Å². The fourth-order valence-corrected chi connectivity index (χ4v) is 5.05. The third-order valence-electron chi connectivity index (χ3n) is 4.10. The lowest BCUT2D eigenvalue weighted by molar-refractivity contribution is 0.0952. The van der Waals surface area contributed by atoms with Gasteiger partial charge in [-0.3, -0.25) is 0 Å². The van der Waals surface area contributed by atoms with Gasteiger partial charge in [-0.25, -0.2) is 8.42 Å². The molecule has 1 aliphatic carbocycles. The summed E-state index contributed by atoms with van der Waals surface area (Å²) in [6.45, 7) is 0. The van der Waals surface area contributed by atoms with Crippen LogP contribution in [0, 0.1) is 0 Å². The minimum Gasteiger partial charge on any atom is -0.379 e. The number of rotatable bonds is 3. The molecule has 0 aromatic heterocycles. The van der Waals surface area contributed by atoms with Crippen molar-refractivity contribution in [3.63, 3.8) is 0 Å². The molecule has 3 rings (SSSR count). The predicted molar refractivity (Wildman–Crippen MR) is 74.0 cm³/mol. The maximum absolute atomic E-state index is 11.7. The molecule has 4 nitrogen and oxygen atoms in total. The van der Waals surface area contributed by atoms with Crippen molar-refractivity contribution in [2.75, 3.05) is 18.6 Å². The van der Waals surface area contributed by atoms with E-state index in [-0.39, 0.29) is 23.7 Å². The Morgan fingerprint density at radius 3 is 2.37 bits per heavy atom. The van der Waals surface area contributed by atoms with Crippen molar-refractivity contribution in [2.24, 2.45) is 0 Å². The first-order chi connectivity index (χ1) is 9.07. The summed E-state index contributed by atoms with van der Waals surface area (Å²) < 4.78 is 28.7. The molecule has 1 aromatic carbocycles. The monoisotopic (exact) mass is 281 g/mol. The van der Waals surface area contributed by atoms with E-state index in [4.69, 9.17) is 4.74 Å². The third kappa shape index (κ3) is 2.68. The van der Waals surface area contributed by atoms with Crippen LogP contribution in [0.4, 0.5) is 0 Å². The minimum absolute atomic E-state index is 0.0747. The molecule has 1 fully saturated rings. The van der Waals surface area contributed by atoms with Crippen LogP contribution in [-0.2, 0) is 27.4 Å². The smallest absolute Gasteiger partial charge is 0.154 e. The van der Waals surface area contributed by atoms with Gasteiger partial charge >= 0.3 is 0 Å². The van der Waals surface area contributed by atoms with Gasteiger partial charge in [0.25, 0.3) is 0 Å². The first-order valence-corrected chi connectivity index (χ1v) is 8.45. The summed E-state index contributed by atoms with van der Waals surface area (Å²) in [7, 11) is -1.37. The zero-order valence-electron chi connectivity index (χ0n) is 11.0. The molecule has 2 atom stereocenters. The highest BCUT2D eigenvalue weighted by atomic mass is 32.2. The van der Waals surface area contributed by atoms with Crippen LogP contribution < -0.4 is 5.32 Å². The third-order valence-corrected chi connectivity index (χ3v) is 5.81. The molecule has 1 N–H and O–H groups in total. The summed E-state index contributed by atoms with van der Waals surface area (Å²) in [4.78, 5) is 0. The topological polar surface area (TPSA) is 55.4 Å². The predicted octanol–water partition coefficient (Wildman–Crippen LogP) is 0.555. The van der Waals surface area contributed by atoms with Gasteiger partial charge in [0.2, 0.25) is 0 Å². The number of sulfone groups is 1. The molecule has 0 saturated carbocycles. The van der Waals surface area contributed by atoms with Crippen LogP contribution >= 0.6 is 0 Å². The van der Waals surface area contributed by atoms with Gasteiger partial charge < -0.3 is 10.1 Å². The van der Waals surface area contributed by atoms with E-state index in [0.29, 0.717) is 6.04 Å². The summed E-state index contributed by atoms with van der Waals surface area (Å²) in [5.74, 6) is 0.333. The Kier molecular flexibility index (Phi) is 3.37. The number of fused-ring (bicyclic) bond motifs is 1. The molecule has 19 heavy (non-hydrogen) atoms. The Labute approximate surface area is 114 Å². The Morgan fingerprint density at radius 2 is 1.79 bits per heavy atom. The van der Waals surface area contributed by atoms with Crippen molar-refractivity contribution >= 4 is 9.84 Å². The van der Waals surface area contributed by atoms with E-state index in [9.17, 15) is 8.42 Å². The van der Waals surface area contributed by atoms with E-state index in [1.165, 1.54) is 11.1 Å². The Hall–Kier alpha value is -0.910. The van der Waals surface area contributed by atoms with Gasteiger partial charge in [-0.15, -0.1) is 0 Å². The molecule has 0 radical (unpaired) electrons. The number of hydrogen-bond acceptors (Lipinski definition) is 4. The second-order valence-corrected chi connectivity index (χ2v) is 7.65. The molecular formula is C14H19NO3S. The van der Waals surface area contributed by atoms with Crippen molar-refractivity contribution < 1.29 is 13.2 Å². The average Bonchev–Trinajstić information content (AvgIpc) is 2.89. The lowest BCUT2D eigenvalue weighted by Crippen LogP contribution is -2.46. The van der Waals surface area contributed by atoms with Gasteiger partial charge in [-0.2, -0.15) is 0 Å². The molecule has 1 heterocycles. The van der Waals surface area contributed by atoms with Gasteiger partial charge in [-0.1, -0.05) is 24.3 Å². The van der Waals surface area contributed by atoms with Crippen molar-refractivity contribution in [2.45, 2.75) is 31.0 Å². The summed E-state index contributed by atoms with van der Waals surface area (Å²) in [6, 6.07) is 8.66. The summed E-state index contributed by atoms with van der Waals surface area (Å²) in [5.41, 5.74) is 2.74. The molecule has 0 unspecified atom stereocenters. The van der Waals surface area contributed by atoms with Crippen LogP contribution in [0.15, 0.2) is 24.3 Å². The van der Waals surface area contributed by atoms with E-state index in [0.717, 1.165) is 12.8 Å². The maximum atomic E-state index is 11.7. The molecule has 0 spiro atoms. The second-order valence-electron chi connectivity index (χ2n) is 5.50. The van der Waals surface area contributed by atoms with Crippen LogP contribution in [0.5, 0.6) is 0 Å². The zero-order valence-corrected chi connectivity index (χ0v) is 11.8. The molecule has 1 aromatic rings. The van der Waals surface area contributed by atoms with Crippen LogP contribution in [-0.4, -0.2) is 45.2 Å². The summed E-state index contributed by atoms with van der Waals surface area (Å²) >= 11 is 0. The van der Waals surface area contributed by atoms with Crippen molar-refractivity contribution in [3.8, 4) is 0 Å². The Balaban J connectivity index is 1.68. The van der Waals surface area contributed by atoms with Crippen molar-refractivity contribution in [3.05, 3.63) is 35.4 Å². The molecule has 0 amide bonds. The van der Waals surface area contributed by atoms with Crippen molar-refractivity contribution in [1.29, 1.82) is 0 Å². The number of hydrogen-bond donors (Lipinski definition) is 1. The van der Waals surface area contributed by atoms with Gasteiger partial charge in [0, 0.05) is 19.2 Å². The Bertz CT molecular complexity index is 545. The van der Waals surface area contributed by atoms with Crippen LogP contribution in [0.1, 0.15) is 11.1 Å². The standard InChI is InChI=1S/C14H19NO3S/c1-18-14-9-19(16,17)8-13(14)15-12-6-10-4-2-3-5-11(10)7-12/h2-5,12-15H,6-9H2,1H3/t13-,14-/m1/s1. The number of methoxy groups -OCH3 is 1. The summed E-state index contributed by atoms with van der Waals surface area (Å²) in [5, 5.41) is 3.48. The summed E-state index contributed by atoms with van der Waals surface area (Å²) in [6.07, 6.45) is 1.74. The van der Waals surface area contributed by atoms with E-state index >= 15 is 0 Å². The fraction of sp³-hybridized carbons (Fsp3) is 0.571. The molecular weight excluding hydrogens is 262 g/mol. The van der Waals surface area contributed by atoms with Crippen LogP contribution in [0.2, 0.25) is 0 Å². The SMILES string of the molecule is CO[C@@H]1CS(=O)(=O)C[C@H]1NC1Cc2ccccc2C1. The highest BCUT2D eigenvalue weighted by molar-refractivity contribution is 7.91. The van der Waals surface area contributed by atoms with E-state index in [1.54, 1.807) is 7.11 Å². The number of nitrogens with one attached hydrogen (secondary N) is 1. The molecule has 2 aliphatic rings. The molecule has 0 bridgehead atoms. The van der Waals surface area contributed by atoms with E-state index in [1.807, 2.05) is 0 Å². The number of ether oxygens (including phenoxy) is 1. The van der Waals surface area contributed by atoms with Crippen LogP contribution in [0.25, 0.3) is 0 Å². The van der Waals surface area contributed by atoms with Crippen molar-refractivity contribution in [1.82, 2.24) is 5.32 Å². The fourth-order valence-electron chi connectivity index (χ4n) is 3.18. The first kappa shape index (κ1) is 13.1. The lowest BCUT2D eigenvalue weighted by atomic mass is 10.1. The molecule has 1 saturated heterocycles. The molecule has 5 heteroatoms. The second kappa shape index (κ2) is 4.89. The largest absolute Gasteiger partial charge is 0.379 e. The number of benzene rings is 1. The quantitative estimate of drug-likeness (QED) is 0.879. The highest BCUT2D eigenvalue weighted by Gasteiger charge is 2.39. The van der Waals surface area contributed by atoms with Gasteiger partial charge in [0.05, 0.1) is 17.6 Å². The minimum atomic E-state index is -2.95. The Morgan fingerprint density at radius 1 is 1.16 bits per heavy atom. The van der Waals surface area contributed by atoms with Gasteiger partial charge in [0.1, 0.15) is 0 Å². The van der Waals surface area contributed by atoms with Crippen LogP contribution in [0.3, 0.4) is 0 Å². The van der Waals surface area contributed by atoms with E-state index in [2.05, 4.69) is 29.6 Å². The average molecular weight is 281 g/mol.